The third kappa shape index (κ3) is 11.1. The molecule has 1 aromatic carbocycles. The third-order valence-electron chi connectivity index (χ3n) is 7.05. The number of piperidine rings is 1. The van der Waals surface area contributed by atoms with Gasteiger partial charge >= 0.3 is 5.97 Å². The molecule has 1 fully saturated rings. The summed E-state index contributed by atoms with van der Waals surface area (Å²) in [5, 5.41) is 7.12. The number of aryl methyl sites for hydroxylation is 2. The van der Waals surface area contributed by atoms with Crippen molar-refractivity contribution in [1.82, 2.24) is 10.2 Å². The zero-order valence-corrected chi connectivity index (χ0v) is 24.9. The topological polar surface area (TPSA) is 107 Å². The highest BCUT2D eigenvalue weighted by Crippen LogP contribution is 2.22. The average molecular weight is 568 g/mol. The fourth-order valence-corrected chi connectivity index (χ4v) is 5.03. The Labute approximate surface area is 244 Å². The molecule has 224 valence electrons. The van der Waals surface area contributed by atoms with Gasteiger partial charge in [0.15, 0.2) is 6.61 Å². The van der Waals surface area contributed by atoms with E-state index in [0.29, 0.717) is 50.1 Å². The lowest BCUT2D eigenvalue weighted by Gasteiger charge is -2.26. The van der Waals surface area contributed by atoms with Crippen molar-refractivity contribution < 1.29 is 28.7 Å². The molecule has 0 aliphatic carbocycles. The van der Waals surface area contributed by atoms with E-state index in [0.717, 1.165) is 49.0 Å². The van der Waals surface area contributed by atoms with Crippen LogP contribution in [0.5, 0.6) is 0 Å². The van der Waals surface area contributed by atoms with Gasteiger partial charge in [0.2, 0.25) is 5.91 Å². The molecule has 9 nitrogen and oxygen atoms in total. The molecule has 0 spiro atoms. The Morgan fingerprint density at radius 3 is 2.66 bits per heavy atom. The SMILES string of the molecule is CC(=O)NCCCO[C@@H]1/C=C/C[C@@H](C)OC(=O)c2c(C)cc(C)cc2CC(=N/OCC(=O)N2CCCCC2)/C=C/C1. The first-order valence-corrected chi connectivity index (χ1v) is 14.7. The summed E-state index contributed by atoms with van der Waals surface area (Å²) in [6.45, 7) is 9.70. The Morgan fingerprint density at radius 2 is 1.90 bits per heavy atom. The van der Waals surface area contributed by atoms with Gasteiger partial charge in [-0.05, 0) is 70.1 Å². The van der Waals surface area contributed by atoms with Crippen LogP contribution in [0.1, 0.15) is 79.4 Å². The molecule has 0 saturated carbocycles. The molecule has 2 aliphatic rings. The second-order valence-corrected chi connectivity index (χ2v) is 10.9. The largest absolute Gasteiger partial charge is 0.459 e. The van der Waals surface area contributed by atoms with Gasteiger partial charge in [-0.1, -0.05) is 41.1 Å². The molecule has 0 radical (unpaired) electrons. The Bertz CT molecular complexity index is 1140. The predicted octanol–water partition coefficient (Wildman–Crippen LogP) is 4.59. The number of cyclic esters (lactones) is 1. The number of hydrogen-bond acceptors (Lipinski definition) is 7. The molecule has 41 heavy (non-hydrogen) atoms. The number of esters is 1. The summed E-state index contributed by atoms with van der Waals surface area (Å²) in [7, 11) is 0. The van der Waals surface area contributed by atoms with Gasteiger partial charge in [-0.25, -0.2) is 4.79 Å². The molecule has 2 heterocycles. The first-order valence-electron chi connectivity index (χ1n) is 14.7. The monoisotopic (exact) mass is 567 g/mol. The van der Waals surface area contributed by atoms with E-state index in [1.54, 1.807) is 0 Å². The molecule has 1 saturated heterocycles. The summed E-state index contributed by atoms with van der Waals surface area (Å²) in [6, 6.07) is 3.95. The smallest absolute Gasteiger partial charge is 0.338 e. The van der Waals surface area contributed by atoms with Gasteiger partial charge in [0.25, 0.3) is 5.91 Å². The van der Waals surface area contributed by atoms with E-state index in [1.807, 2.05) is 62.1 Å². The highest BCUT2D eigenvalue weighted by molar-refractivity contribution is 6.00. The zero-order chi connectivity index (χ0) is 29.6. The van der Waals surface area contributed by atoms with E-state index in [1.165, 1.54) is 6.92 Å². The van der Waals surface area contributed by atoms with E-state index in [4.69, 9.17) is 14.3 Å². The predicted molar refractivity (Wildman–Crippen MR) is 159 cm³/mol. The zero-order valence-electron chi connectivity index (χ0n) is 24.9. The normalized spacial score (nSPS) is 22.7. The van der Waals surface area contributed by atoms with Crippen LogP contribution < -0.4 is 5.32 Å². The second kappa shape index (κ2) is 16.7. The van der Waals surface area contributed by atoms with Gasteiger partial charge in [-0.2, -0.15) is 0 Å². The van der Waals surface area contributed by atoms with E-state index in [-0.39, 0.29) is 36.6 Å². The van der Waals surface area contributed by atoms with Gasteiger partial charge in [0.1, 0.15) is 6.10 Å². The molecular formula is C32H45N3O6. The lowest BCUT2D eigenvalue weighted by atomic mass is 9.95. The molecule has 2 aliphatic heterocycles. The Kier molecular flexibility index (Phi) is 13.1. The summed E-state index contributed by atoms with van der Waals surface area (Å²) in [6.07, 6.45) is 12.6. The average Bonchev–Trinajstić information content (AvgIpc) is 2.91. The number of allylic oxidation sites excluding steroid dienone is 1. The molecule has 0 unspecified atom stereocenters. The van der Waals surface area contributed by atoms with Crippen molar-refractivity contribution >= 4 is 23.5 Å². The van der Waals surface area contributed by atoms with Crippen LogP contribution in [0.25, 0.3) is 0 Å². The number of rotatable bonds is 8. The number of carbonyl (C=O) groups excluding carboxylic acids is 3. The number of hydrogen-bond donors (Lipinski definition) is 1. The molecular weight excluding hydrogens is 522 g/mol. The van der Waals surface area contributed by atoms with Crippen molar-refractivity contribution in [3.63, 3.8) is 0 Å². The van der Waals surface area contributed by atoms with Crippen LogP contribution >= 0.6 is 0 Å². The van der Waals surface area contributed by atoms with Crippen molar-refractivity contribution in [2.75, 3.05) is 32.8 Å². The van der Waals surface area contributed by atoms with Crippen LogP contribution in [0.2, 0.25) is 0 Å². The standard InChI is InChI=1S/C32H45N3O6/c1-23-19-24(2)31-27(20-23)21-28(34-40-22-30(37)35-16-6-5-7-17-35)12-9-14-29(39-18-10-15-33-26(4)36)13-8-11-25(3)41-32(31)38/h8-9,12-13,19-20,25,29H,5-7,10-11,14-18,21-22H2,1-4H3,(H,33,36)/b12-9+,13-8+,34-28+/t25-,29-/m1/s1. The number of oxime groups is 1. The summed E-state index contributed by atoms with van der Waals surface area (Å²) < 4.78 is 11.9. The van der Waals surface area contributed by atoms with E-state index in [9.17, 15) is 14.4 Å². The fraction of sp³-hybridized carbons (Fsp3) is 0.562. The van der Waals surface area contributed by atoms with Crippen LogP contribution in [-0.2, 0) is 30.3 Å². The summed E-state index contributed by atoms with van der Waals surface area (Å²) in [5.74, 6) is -0.500. The second-order valence-electron chi connectivity index (χ2n) is 10.9. The lowest BCUT2D eigenvalue weighted by molar-refractivity contribution is -0.137. The Hall–Kier alpha value is -3.46. The van der Waals surface area contributed by atoms with Gasteiger partial charge in [-0.15, -0.1) is 0 Å². The number of ether oxygens (including phenoxy) is 2. The van der Waals surface area contributed by atoms with Crippen molar-refractivity contribution in [2.45, 2.75) is 84.8 Å². The van der Waals surface area contributed by atoms with Gasteiger partial charge < -0.3 is 24.5 Å². The Balaban J connectivity index is 1.81. The molecule has 0 bridgehead atoms. The maximum atomic E-state index is 13.3. The van der Waals surface area contributed by atoms with Crippen molar-refractivity contribution in [3.05, 3.63) is 58.7 Å². The third-order valence-corrected chi connectivity index (χ3v) is 7.05. The molecule has 9 heteroatoms. The van der Waals surface area contributed by atoms with E-state index in [2.05, 4.69) is 10.5 Å². The summed E-state index contributed by atoms with van der Waals surface area (Å²) >= 11 is 0. The van der Waals surface area contributed by atoms with E-state index < -0.39 is 0 Å². The number of carbonyl (C=O) groups is 3. The minimum Gasteiger partial charge on any atom is -0.459 e. The number of fused-ring (bicyclic) bond motifs is 1. The van der Waals surface area contributed by atoms with Crippen molar-refractivity contribution in [2.24, 2.45) is 5.16 Å². The van der Waals surface area contributed by atoms with Crippen LogP contribution in [0.4, 0.5) is 0 Å². The maximum Gasteiger partial charge on any atom is 0.338 e. The molecule has 1 N–H and O–H groups in total. The molecule has 2 amide bonds. The number of likely N-dealkylation sites (tertiary alicyclic amines) is 1. The van der Waals surface area contributed by atoms with Crippen LogP contribution in [0, 0.1) is 13.8 Å². The fourth-order valence-electron chi connectivity index (χ4n) is 5.03. The van der Waals surface area contributed by atoms with Crippen LogP contribution in [0.15, 0.2) is 41.6 Å². The van der Waals surface area contributed by atoms with Crippen molar-refractivity contribution in [1.29, 1.82) is 0 Å². The highest BCUT2D eigenvalue weighted by Gasteiger charge is 2.21. The van der Waals surface area contributed by atoms with Crippen molar-refractivity contribution in [3.8, 4) is 0 Å². The molecule has 2 atom stereocenters. The summed E-state index contributed by atoms with van der Waals surface area (Å²) in [4.78, 5) is 44.4. The molecule has 3 rings (SSSR count). The van der Waals surface area contributed by atoms with Gasteiger partial charge in [0.05, 0.1) is 17.4 Å². The van der Waals surface area contributed by atoms with Crippen LogP contribution in [0.3, 0.4) is 0 Å². The highest BCUT2D eigenvalue weighted by atomic mass is 16.6. The number of nitrogens with one attached hydrogen (secondary N) is 1. The quantitative estimate of drug-likeness (QED) is 0.213. The minimum absolute atomic E-state index is 0.0621. The van der Waals surface area contributed by atoms with Gasteiger partial charge in [-0.3, -0.25) is 9.59 Å². The maximum absolute atomic E-state index is 13.3. The first-order chi connectivity index (χ1) is 19.7. The molecule has 0 aromatic heterocycles. The number of amides is 2. The van der Waals surface area contributed by atoms with Crippen LogP contribution in [-0.4, -0.2) is 73.5 Å². The number of nitrogens with zero attached hydrogens (tertiary/aromatic N) is 2. The first kappa shape index (κ1) is 32.1. The lowest BCUT2D eigenvalue weighted by Crippen LogP contribution is -2.37. The van der Waals surface area contributed by atoms with Gasteiger partial charge in [0, 0.05) is 46.0 Å². The molecule has 1 aromatic rings. The van der Waals surface area contributed by atoms with E-state index >= 15 is 0 Å². The number of benzene rings is 1. The Morgan fingerprint density at radius 1 is 1.12 bits per heavy atom. The summed E-state index contributed by atoms with van der Waals surface area (Å²) in [5.41, 5.74) is 3.80. The minimum atomic E-state index is -0.370.